The fraction of sp³-hybridized carbons (Fsp3) is 0.292. The first-order valence-electron chi connectivity index (χ1n) is 10.1. The van der Waals surface area contributed by atoms with Gasteiger partial charge in [-0.15, -0.1) is 0 Å². The normalized spacial score (nSPS) is 13.9. The van der Waals surface area contributed by atoms with Gasteiger partial charge >= 0.3 is 6.03 Å². The summed E-state index contributed by atoms with van der Waals surface area (Å²) in [5.41, 5.74) is 1.68. The first kappa shape index (κ1) is 22.9. The highest BCUT2D eigenvalue weighted by Gasteiger charge is 2.27. The molecule has 0 saturated carbocycles. The molecule has 1 aliphatic heterocycles. The summed E-state index contributed by atoms with van der Waals surface area (Å²) in [6.07, 6.45) is 1.37. The van der Waals surface area contributed by atoms with Crippen molar-refractivity contribution in [1.29, 1.82) is 0 Å². The molecule has 0 atom stereocenters. The van der Waals surface area contributed by atoms with Crippen LogP contribution in [0.2, 0.25) is 0 Å². The second-order valence-electron chi connectivity index (χ2n) is 8.18. The lowest BCUT2D eigenvalue weighted by Gasteiger charge is -2.19. The molecule has 32 heavy (non-hydrogen) atoms. The lowest BCUT2D eigenvalue weighted by Crippen LogP contribution is -2.51. The largest absolute Gasteiger partial charge is 0.493 e. The van der Waals surface area contributed by atoms with Crippen LogP contribution in [-0.4, -0.2) is 38.2 Å². The number of carbonyl (C=O) groups is 3. The molecular formula is C24H26N2O6. The van der Waals surface area contributed by atoms with E-state index in [0.717, 1.165) is 5.75 Å². The highest BCUT2D eigenvalue weighted by atomic mass is 16.5. The lowest BCUT2D eigenvalue weighted by molar-refractivity contribution is -0.123. The summed E-state index contributed by atoms with van der Waals surface area (Å²) in [5, 5.41) is 4.06. The lowest BCUT2D eigenvalue weighted by atomic mass is 9.87. The van der Waals surface area contributed by atoms with Crippen molar-refractivity contribution in [3.63, 3.8) is 0 Å². The molecule has 8 heteroatoms. The molecule has 2 aromatic rings. The molecule has 8 nitrogen and oxygen atoms in total. The van der Waals surface area contributed by atoms with Crippen LogP contribution in [0.3, 0.4) is 0 Å². The van der Waals surface area contributed by atoms with Crippen LogP contribution < -0.4 is 24.8 Å². The van der Waals surface area contributed by atoms with Crippen molar-refractivity contribution in [2.45, 2.75) is 26.2 Å². The van der Waals surface area contributed by atoms with Gasteiger partial charge in [0.1, 0.15) is 24.5 Å². The Kier molecular flexibility index (Phi) is 6.82. The number of urea groups is 1. The first-order valence-corrected chi connectivity index (χ1v) is 10.1. The SMILES string of the molecule is COc1cc(C=C2C(=O)NC(=O)NC2=O)ccc1OCCOc1ccc(C(C)(C)C)cc1. The smallest absolute Gasteiger partial charge is 0.328 e. The van der Waals surface area contributed by atoms with E-state index in [0.29, 0.717) is 30.3 Å². The van der Waals surface area contributed by atoms with Gasteiger partial charge in [-0.1, -0.05) is 39.0 Å². The van der Waals surface area contributed by atoms with Crippen molar-refractivity contribution in [1.82, 2.24) is 10.6 Å². The van der Waals surface area contributed by atoms with Crippen LogP contribution >= 0.6 is 0 Å². The Hall–Kier alpha value is -3.81. The van der Waals surface area contributed by atoms with E-state index < -0.39 is 17.8 Å². The van der Waals surface area contributed by atoms with Gasteiger partial charge in [0.15, 0.2) is 11.5 Å². The predicted molar refractivity (Wildman–Crippen MR) is 119 cm³/mol. The maximum absolute atomic E-state index is 11.9. The molecule has 1 aliphatic rings. The molecule has 1 saturated heterocycles. The number of barbiturate groups is 1. The fourth-order valence-corrected chi connectivity index (χ4v) is 3.03. The van der Waals surface area contributed by atoms with Gasteiger partial charge in [0.2, 0.25) is 0 Å². The molecule has 0 radical (unpaired) electrons. The average molecular weight is 438 g/mol. The molecule has 0 bridgehead atoms. The molecular weight excluding hydrogens is 412 g/mol. The number of ether oxygens (including phenoxy) is 3. The van der Waals surface area contributed by atoms with Crippen molar-refractivity contribution in [2.75, 3.05) is 20.3 Å². The van der Waals surface area contributed by atoms with Crippen LogP contribution in [0, 0.1) is 0 Å². The third-order valence-corrected chi connectivity index (χ3v) is 4.77. The summed E-state index contributed by atoms with van der Waals surface area (Å²) < 4.78 is 16.8. The maximum atomic E-state index is 11.9. The molecule has 1 heterocycles. The van der Waals surface area contributed by atoms with Crippen molar-refractivity contribution >= 4 is 23.9 Å². The van der Waals surface area contributed by atoms with E-state index in [1.54, 1.807) is 18.2 Å². The summed E-state index contributed by atoms with van der Waals surface area (Å²) in [6.45, 7) is 7.12. The Labute approximate surface area is 186 Å². The molecule has 4 amide bonds. The average Bonchev–Trinajstić information content (AvgIpc) is 2.74. The van der Waals surface area contributed by atoms with Crippen LogP contribution in [0.1, 0.15) is 31.9 Å². The Balaban J connectivity index is 1.59. The first-order chi connectivity index (χ1) is 15.2. The summed E-state index contributed by atoms with van der Waals surface area (Å²) >= 11 is 0. The molecule has 0 aliphatic carbocycles. The van der Waals surface area contributed by atoms with E-state index in [-0.39, 0.29) is 11.0 Å². The zero-order chi connectivity index (χ0) is 23.3. The third kappa shape index (κ3) is 5.66. The quantitative estimate of drug-likeness (QED) is 0.391. The van der Waals surface area contributed by atoms with Gasteiger partial charge in [-0.25, -0.2) is 4.79 Å². The van der Waals surface area contributed by atoms with Crippen LogP contribution in [0.25, 0.3) is 6.08 Å². The number of rotatable bonds is 7. The van der Waals surface area contributed by atoms with E-state index in [9.17, 15) is 14.4 Å². The molecule has 168 valence electrons. The number of hydrogen-bond donors (Lipinski definition) is 2. The summed E-state index contributed by atoms with van der Waals surface area (Å²) in [5.74, 6) is 0.171. The number of nitrogens with one attached hydrogen (secondary N) is 2. The Morgan fingerprint density at radius 2 is 1.47 bits per heavy atom. The second-order valence-corrected chi connectivity index (χ2v) is 8.18. The van der Waals surface area contributed by atoms with Crippen LogP contribution in [0.15, 0.2) is 48.0 Å². The van der Waals surface area contributed by atoms with E-state index in [1.807, 2.05) is 22.8 Å². The van der Waals surface area contributed by atoms with Gasteiger partial charge < -0.3 is 14.2 Å². The summed E-state index contributed by atoms with van der Waals surface area (Å²) in [7, 11) is 1.49. The Morgan fingerprint density at radius 1 is 0.844 bits per heavy atom. The van der Waals surface area contributed by atoms with Crippen LogP contribution in [0.5, 0.6) is 17.2 Å². The Morgan fingerprint density at radius 3 is 2.06 bits per heavy atom. The van der Waals surface area contributed by atoms with Gasteiger partial charge in [0, 0.05) is 0 Å². The topological polar surface area (TPSA) is 103 Å². The highest BCUT2D eigenvalue weighted by molar-refractivity contribution is 6.31. The molecule has 2 N–H and O–H groups in total. The van der Waals surface area contributed by atoms with E-state index in [4.69, 9.17) is 14.2 Å². The van der Waals surface area contributed by atoms with E-state index in [1.165, 1.54) is 18.7 Å². The maximum Gasteiger partial charge on any atom is 0.328 e. The molecule has 0 aromatic heterocycles. The van der Waals surface area contributed by atoms with Gasteiger partial charge in [0.25, 0.3) is 11.8 Å². The number of amides is 4. The molecule has 3 rings (SSSR count). The number of methoxy groups -OCH3 is 1. The monoisotopic (exact) mass is 438 g/mol. The zero-order valence-electron chi connectivity index (χ0n) is 18.5. The van der Waals surface area contributed by atoms with Crippen LogP contribution in [-0.2, 0) is 15.0 Å². The number of carbonyl (C=O) groups excluding carboxylic acids is 3. The number of benzene rings is 2. The van der Waals surface area contributed by atoms with Gasteiger partial charge in [-0.05, 0) is 46.9 Å². The zero-order valence-corrected chi connectivity index (χ0v) is 18.5. The second kappa shape index (κ2) is 9.55. The van der Waals surface area contributed by atoms with Gasteiger partial charge in [0.05, 0.1) is 7.11 Å². The molecule has 0 unspecified atom stereocenters. The summed E-state index contributed by atoms with van der Waals surface area (Å²) in [4.78, 5) is 34.9. The third-order valence-electron chi connectivity index (χ3n) is 4.77. The van der Waals surface area contributed by atoms with Crippen molar-refractivity contribution in [3.05, 3.63) is 59.2 Å². The molecule has 1 fully saturated rings. The number of imide groups is 2. The van der Waals surface area contributed by atoms with Crippen molar-refractivity contribution < 1.29 is 28.6 Å². The standard InChI is InChI=1S/C24H26N2O6/c1-24(2,3)16-6-8-17(9-7-16)31-11-12-32-19-10-5-15(14-20(19)30-4)13-18-21(27)25-23(29)26-22(18)28/h5-10,13-14H,11-12H2,1-4H3,(H2,25,26,27,28,29). The van der Waals surface area contributed by atoms with Gasteiger partial charge in [-0.2, -0.15) is 0 Å². The van der Waals surface area contributed by atoms with Crippen molar-refractivity contribution in [3.8, 4) is 17.2 Å². The minimum atomic E-state index is -0.842. The highest BCUT2D eigenvalue weighted by Crippen LogP contribution is 2.29. The number of hydrogen-bond acceptors (Lipinski definition) is 6. The fourth-order valence-electron chi connectivity index (χ4n) is 3.03. The minimum Gasteiger partial charge on any atom is -0.493 e. The molecule has 0 spiro atoms. The van der Waals surface area contributed by atoms with Crippen LogP contribution in [0.4, 0.5) is 4.79 Å². The summed E-state index contributed by atoms with van der Waals surface area (Å²) in [6, 6.07) is 12.1. The molecule has 2 aromatic carbocycles. The predicted octanol–water partition coefficient (Wildman–Crippen LogP) is 3.20. The minimum absolute atomic E-state index is 0.0856. The van der Waals surface area contributed by atoms with Gasteiger partial charge in [-0.3, -0.25) is 20.2 Å². The Bertz CT molecular complexity index is 1030. The van der Waals surface area contributed by atoms with E-state index in [2.05, 4.69) is 32.9 Å². The van der Waals surface area contributed by atoms with E-state index >= 15 is 0 Å². The van der Waals surface area contributed by atoms with Crippen molar-refractivity contribution in [2.24, 2.45) is 0 Å².